The number of hydrogen-bond acceptors (Lipinski definition) is 4. The lowest BCUT2D eigenvalue weighted by Gasteiger charge is -2.12. The smallest absolute Gasteiger partial charge is 0.336 e. The van der Waals surface area contributed by atoms with Crippen molar-refractivity contribution in [3.8, 4) is 0 Å². The van der Waals surface area contributed by atoms with E-state index in [-0.39, 0.29) is 12.6 Å². The van der Waals surface area contributed by atoms with Crippen molar-refractivity contribution in [2.45, 2.75) is 32.5 Å². The van der Waals surface area contributed by atoms with Crippen LogP contribution in [0.1, 0.15) is 20.3 Å². The Morgan fingerprint density at radius 3 is 2.64 bits per heavy atom. The summed E-state index contributed by atoms with van der Waals surface area (Å²) in [5.41, 5.74) is 5.04. The molecule has 0 aromatic heterocycles. The Morgan fingerprint density at radius 1 is 1.73 bits per heavy atom. The molecule has 0 bridgehead atoms. The lowest BCUT2D eigenvalue weighted by Crippen LogP contribution is -2.32. The molecule has 3 N–H and O–H groups in total. The molecule has 66 valence electrons. The highest BCUT2D eigenvalue weighted by Gasteiger charge is 2.16. The van der Waals surface area contributed by atoms with E-state index in [9.17, 15) is 4.79 Å². The van der Waals surface area contributed by atoms with Gasteiger partial charge in [-0.25, -0.2) is 4.79 Å². The number of ether oxygens (including phenoxy) is 1. The van der Waals surface area contributed by atoms with Gasteiger partial charge in [-0.2, -0.15) is 0 Å². The summed E-state index contributed by atoms with van der Waals surface area (Å²) in [7, 11) is 0. The fourth-order valence-electron chi connectivity index (χ4n) is 0.456. The first-order valence-electron chi connectivity index (χ1n) is 3.70. The van der Waals surface area contributed by atoms with Gasteiger partial charge in [0.1, 0.15) is 0 Å². The Hall–Kier alpha value is -0.610. The molecule has 0 amide bonds. The summed E-state index contributed by atoms with van der Waals surface area (Å²) in [5.74, 6) is -0.637. The van der Waals surface area contributed by atoms with Gasteiger partial charge in [-0.05, 0) is 13.3 Å². The molecule has 0 aliphatic rings. The van der Waals surface area contributed by atoms with Crippen LogP contribution < -0.4 is 5.73 Å². The molecule has 0 fully saturated rings. The van der Waals surface area contributed by atoms with E-state index < -0.39 is 12.1 Å². The first-order valence-corrected chi connectivity index (χ1v) is 3.70. The number of carbonyl (C=O) groups is 1. The molecule has 0 saturated heterocycles. The standard InChI is InChI=1S/C7H15NO3/c1-3-5(2)11-7(10)6(9)4-8/h5-6,9H,3-4,8H2,1-2H3/t5?,6-/m0/s1. The van der Waals surface area contributed by atoms with Gasteiger partial charge in [0.05, 0.1) is 6.10 Å². The topological polar surface area (TPSA) is 72.5 Å². The van der Waals surface area contributed by atoms with E-state index in [4.69, 9.17) is 15.6 Å². The third-order valence-corrected chi connectivity index (χ3v) is 1.39. The van der Waals surface area contributed by atoms with Crippen LogP contribution in [0.3, 0.4) is 0 Å². The van der Waals surface area contributed by atoms with Crippen molar-refractivity contribution >= 4 is 5.97 Å². The van der Waals surface area contributed by atoms with Crippen molar-refractivity contribution in [1.29, 1.82) is 0 Å². The number of aliphatic hydroxyl groups excluding tert-OH is 1. The average Bonchev–Trinajstić information content (AvgIpc) is 2.02. The van der Waals surface area contributed by atoms with E-state index in [1.165, 1.54) is 0 Å². The molecule has 0 saturated carbocycles. The third-order valence-electron chi connectivity index (χ3n) is 1.39. The molecule has 0 radical (unpaired) electrons. The quantitative estimate of drug-likeness (QED) is 0.553. The van der Waals surface area contributed by atoms with Crippen LogP contribution in [0.25, 0.3) is 0 Å². The minimum absolute atomic E-state index is 0.0880. The maximum Gasteiger partial charge on any atom is 0.336 e. The number of nitrogens with two attached hydrogens (primary N) is 1. The number of rotatable bonds is 4. The number of carbonyl (C=O) groups excluding carboxylic acids is 1. The second-order valence-corrected chi connectivity index (χ2v) is 2.41. The number of aliphatic hydroxyl groups is 1. The van der Waals surface area contributed by atoms with Crippen LogP contribution >= 0.6 is 0 Å². The van der Waals surface area contributed by atoms with Gasteiger partial charge in [0.15, 0.2) is 6.10 Å². The van der Waals surface area contributed by atoms with Gasteiger partial charge >= 0.3 is 5.97 Å². The molecule has 0 aromatic rings. The van der Waals surface area contributed by atoms with Gasteiger partial charge in [0.2, 0.25) is 0 Å². The molecule has 4 heteroatoms. The van der Waals surface area contributed by atoms with Gasteiger partial charge in [-0.1, -0.05) is 6.92 Å². The minimum Gasteiger partial charge on any atom is -0.461 e. The minimum atomic E-state index is -1.18. The highest BCUT2D eigenvalue weighted by Crippen LogP contribution is 1.98. The Balaban J connectivity index is 3.68. The molecular formula is C7H15NO3. The predicted octanol–water partition coefficient (Wildman–Crippen LogP) is -0.352. The van der Waals surface area contributed by atoms with Crippen molar-refractivity contribution in [1.82, 2.24) is 0 Å². The summed E-state index contributed by atoms with van der Waals surface area (Å²) in [6.45, 7) is 3.57. The SMILES string of the molecule is CCC(C)OC(=O)[C@@H](O)CN. The summed E-state index contributed by atoms with van der Waals surface area (Å²) in [6.07, 6.45) is -0.587. The monoisotopic (exact) mass is 161 g/mol. The highest BCUT2D eigenvalue weighted by atomic mass is 16.6. The predicted molar refractivity (Wildman–Crippen MR) is 40.9 cm³/mol. The molecular weight excluding hydrogens is 146 g/mol. The third kappa shape index (κ3) is 3.95. The van der Waals surface area contributed by atoms with E-state index in [2.05, 4.69) is 0 Å². The normalized spacial score (nSPS) is 15.6. The van der Waals surface area contributed by atoms with Crippen molar-refractivity contribution in [3.63, 3.8) is 0 Å². The van der Waals surface area contributed by atoms with Crippen LogP contribution in [0.4, 0.5) is 0 Å². The van der Waals surface area contributed by atoms with Crippen molar-refractivity contribution < 1.29 is 14.6 Å². The van der Waals surface area contributed by atoms with Crippen LogP contribution in [0.5, 0.6) is 0 Å². The number of hydrogen-bond donors (Lipinski definition) is 2. The first kappa shape index (κ1) is 10.4. The molecule has 0 aliphatic carbocycles. The average molecular weight is 161 g/mol. The van der Waals surface area contributed by atoms with E-state index in [1.807, 2.05) is 6.92 Å². The zero-order valence-electron chi connectivity index (χ0n) is 6.91. The summed E-state index contributed by atoms with van der Waals surface area (Å²) in [5, 5.41) is 8.87. The second kappa shape index (κ2) is 5.09. The summed E-state index contributed by atoms with van der Waals surface area (Å²) in [6, 6.07) is 0. The van der Waals surface area contributed by atoms with Crippen LogP contribution in [0.15, 0.2) is 0 Å². The zero-order valence-corrected chi connectivity index (χ0v) is 6.91. The van der Waals surface area contributed by atoms with Gasteiger partial charge in [0, 0.05) is 6.54 Å². The highest BCUT2D eigenvalue weighted by molar-refractivity contribution is 5.74. The van der Waals surface area contributed by atoms with Crippen molar-refractivity contribution in [2.75, 3.05) is 6.54 Å². The lowest BCUT2D eigenvalue weighted by atomic mass is 10.3. The summed E-state index contributed by atoms with van der Waals surface area (Å²) in [4.78, 5) is 10.8. The van der Waals surface area contributed by atoms with E-state index >= 15 is 0 Å². The Labute approximate surface area is 66.3 Å². The largest absolute Gasteiger partial charge is 0.461 e. The van der Waals surface area contributed by atoms with E-state index in [0.29, 0.717) is 0 Å². The molecule has 2 atom stereocenters. The second-order valence-electron chi connectivity index (χ2n) is 2.41. The molecule has 0 heterocycles. The van der Waals surface area contributed by atoms with E-state index in [1.54, 1.807) is 6.92 Å². The Kier molecular flexibility index (Phi) is 4.81. The number of esters is 1. The van der Waals surface area contributed by atoms with Gasteiger partial charge in [0.25, 0.3) is 0 Å². The fourth-order valence-corrected chi connectivity index (χ4v) is 0.456. The van der Waals surface area contributed by atoms with Gasteiger partial charge < -0.3 is 15.6 Å². The van der Waals surface area contributed by atoms with Crippen LogP contribution in [-0.2, 0) is 9.53 Å². The molecule has 1 unspecified atom stereocenters. The van der Waals surface area contributed by atoms with Gasteiger partial charge in [-0.3, -0.25) is 0 Å². The Morgan fingerprint density at radius 2 is 2.27 bits per heavy atom. The summed E-state index contributed by atoms with van der Waals surface area (Å²) >= 11 is 0. The first-order chi connectivity index (χ1) is 5.11. The molecule has 0 aliphatic heterocycles. The Bertz CT molecular complexity index is 127. The summed E-state index contributed by atoms with van der Waals surface area (Å²) < 4.78 is 4.78. The molecule has 4 nitrogen and oxygen atoms in total. The van der Waals surface area contributed by atoms with Crippen molar-refractivity contribution in [2.24, 2.45) is 5.73 Å². The maximum absolute atomic E-state index is 10.8. The fraction of sp³-hybridized carbons (Fsp3) is 0.857. The van der Waals surface area contributed by atoms with Crippen LogP contribution in [0, 0.1) is 0 Å². The van der Waals surface area contributed by atoms with Crippen molar-refractivity contribution in [3.05, 3.63) is 0 Å². The van der Waals surface area contributed by atoms with Gasteiger partial charge in [-0.15, -0.1) is 0 Å². The maximum atomic E-state index is 10.8. The van der Waals surface area contributed by atoms with Crippen LogP contribution in [0.2, 0.25) is 0 Å². The molecule has 0 rings (SSSR count). The van der Waals surface area contributed by atoms with Crippen LogP contribution in [-0.4, -0.2) is 29.8 Å². The molecule has 0 aromatic carbocycles. The van der Waals surface area contributed by atoms with E-state index in [0.717, 1.165) is 6.42 Å². The molecule has 0 spiro atoms. The molecule has 11 heavy (non-hydrogen) atoms. The lowest BCUT2D eigenvalue weighted by molar-refractivity contribution is -0.157. The zero-order chi connectivity index (χ0) is 8.85.